The van der Waals surface area contributed by atoms with Crippen molar-refractivity contribution in [3.63, 3.8) is 0 Å². The molecule has 0 fully saturated rings. The Morgan fingerprint density at radius 3 is 2.40 bits per heavy atom. The number of nitrogens with zero attached hydrogens (tertiary/aromatic N) is 1. The van der Waals surface area contributed by atoms with Crippen molar-refractivity contribution in [3.8, 4) is 5.69 Å². The fourth-order valence-electron chi connectivity index (χ4n) is 3.04. The molecule has 4 heteroatoms. The van der Waals surface area contributed by atoms with Gasteiger partial charge in [0.25, 0.3) is 0 Å². The third-order valence-electron chi connectivity index (χ3n) is 4.27. The second-order valence-corrected chi connectivity index (χ2v) is 6.11. The van der Waals surface area contributed by atoms with Crippen LogP contribution in [0.25, 0.3) is 5.69 Å². The predicted molar refractivity (Wildman–Crippen MR) is 97.7 cm³/mol. The lowest BCUT2D eigenvalue weighted by atomic mass is 10.1. The maximum absolute atomic E-state index is 12.9. The molecule has 3 nitrogen and oxygen atoms in total. The minimum absolute atomic E-state index is 0.0531. The van der Waals surface area contributed by atoms with E-state index in [1.165, 1.54) is 12.1 Å². The molecule has 0 saturated carbocycles. The van der Waals surface area contributed by atoms with Gasteiger partial charge in [0.1, 0.15) is 5.82 Å². The molecular weight excluding hydrogens is 315 g/mol. The van der Waals surface area contributed by atoms with Crippen molar-refractivity contribution in [2.24, 2.45) is 0 Å². The number of rotatable bonds is 6. The Morgan fingerprint density at radius 2 is 1.72 bits per heavy atom. The quantitative estimate of drug-likeness (QED) is 0.684. The van der Waals surface area contributed by atoms with E-state index in [0.29, 0.717) is 6.54 Å². The molecule has 1 aromatic heterocycles. The number of hydrogen-bond acceptors (Lipinski definition) is 2. The van der Waals surface area contributed by atoms with Crippen LogP contribution in [0.3, 0.4) is 0 Å². The van der Waals surface area contributed by atoms with E-state index in [1.54, 1.807) is 12.1 Å². The second-order valence-electron chi connectivity index (χ2n) is 6.11. The Kier molecular flexibility index (Phi) is 5.10. The normalized spacial score (nSPS) is 10.8. The summed E-state index contributed by atoms with van der Waals surface area (Å²) in [5.74, 6) is -0.203. The minimum atomic E-state index is -0.256. The summed E-state index contributed by atoms with van der Waals surface area (Å²) in [5, 5.41) is 3.13. The van der Waals surface area contributed by atoms with Crippen molar-refractivity contribution in [1.29, 1.82) is 0 Å². The van der Waals surface area contributed by atoms with Gasteiger partial charge in [-0.3, -0.25) is 4.79 Å². The smallest absolute Gasteiger partial charge is 0.178 e. The first-order valence-electron chi connectivity index (χ1n) is 8.29. The van der Waals surface area contributed by atoms with E-state index in [4.69, 9.17) is 0 Å². The molecule has 25 heavy (non-hydrogen) atoms. The standard InChI is InChI=1S/C21H21FN2O/c1-15-12-20(16(2)24(15)19-6-4-3-5-7-19)21(25)14-23-13-17-8-10-18(22)11-9-17/h3-12,23H,13-14H2,1-2H3. The molecule has 3 aromatic rings. The number of hydrogen-bond donors (Lipinski definition) is 1. The highest BCUT2D eigenvalue weighted by Crippen LogP contribution is 2.21. The monoisotopic (exact) mass is 336 g/mol. The molecule has 0 bridgehead atoms. The van der Waals surface area contributed by atoms with Gasteiger partial charge >= 0.3 is 0 Å². The Hall–Kier alpha value is -2.72. The Morgan fingerprint density at radius 1 is 1.04 bits per heavy atom. The maximum Gasteiger partial charge on any atom is 0.178 e. The lowest BCUT2D eigenvalue weighted by Crippen LogP contribution is -2.23. The summed E-state index contributed by atoms with van der Waals surface area (Å²) in [7, 11) is 0. The molecule has 0 radical (unpaired) electrons. The number of aromatic nitrogens is 1. The highest BCUT2D eigenvalue weighted by Gasteiger charge is 2.16. The van der Waals surface area contributed by atoms with Crippen LogP contribution in [0.2, 0.25) is 0 Å². The molecule has 0 aliphatic rings. The molecule has 0 saturated heterocycles. The number of carbonyl (C=O) groups excluding carboxylic acids is 1. The van der Waals surface area contributed by atoms with Gasteiger partial charge < -0.3 is 9.88 Å². The van der Waals surface area contributed by atoms with Crippen LogP contribution in [0.4, 0.5) is 4.39 Å². The Labute approximate surface area is 147 Å². The topological polar surface area (TPSA) is 34.0 Å². The van der Waals surface area contributed by atoms with Gasteiger partial charge in [0, 0.05) is 29.2 Å². The van der Waals surface area contributed by atoms with Gasteiger partial charge in [-0.1, -0.05) is 30.3 Å². The molecule has 0 atom stereocenters. The molecule has 2 aromatic carbocycles. The largest absolute Gasteiger partial charge is 0.318 e. The van der Waals surface area contributed by atoms with E-state index in [1.807, 2.05) is 50.2 Å². The van der Waals surface area contributed by atoms with Gasteiger partial charge in [0.2, 0.25) is 0 Å². The van der Waals surface area contributed by atoms with Crippen LogP contribution < -0.4 is 5.32 Å². The van der Waals surface area contributed by atoms with Crippen molar-refractivity contribution in [2.45, 2.75) is 20.4 Å². The van der Waals surface area contributed by atoms with Crippen molar-refractivity contribution in [3.05, 3.63) is 89.0 Å². The van der Waals surface area contributed by atoms with Gasteiger partial charge in [-0.25, -0.2) is 4.39 Å². The minimum Gasteiger partial charge on any atom is -0.318 e. The fraction of sp³-hybridized carbons (Fsp3) is 0.190. The number of para-hydroxylation sites is 1. The summed E-state index contributed by atoms with van der Waals surface area (Å²) in [6, 6.07) is 18.2. The highest BCUT2D eigenvalue weighted by atomic mass is 19.1. The predicted octanol–water partition coefficient (Wildman–Crippen LogP) is 4.21. The average molecular weight is 336 g/mol. The molecule has 0 aliphatic heterocycles. The zero-order chi connectivity index (χ0) is 17.8. The van der Waals surface area contributed by atoms with Crippen molar-refractivity contribution >= 4 is 5.78 Å². The van der Waals surface area contributed by atoms with Gasteiger partial charge in [-0.2, -0.15) is 0 Å². The van der Waals surface area contributed by atoms with Gasteiger partial charge in [-0.15, -0.1) is 0 Å². The zero-order valence-corrected chi connectivity index (χ0v) is 14.4. The summed E-state index contributed by atoms with van der Waals surface area (Å²) < 4.78 is 15.0. The number of benzene rings is 2. The number of carbonyl (C=O) groups is 1. The first-order valence-corrected chi connectivity index (χ1v) is 8.29. The van der Waals surface area contributed by atoms with E-state index < -0.39 is 0 Å². The van der Waals surface area contributed by atoms with E-state index in [9.17, 15) is 9.18 Å². The average Bonchev–Trinajstić information content (AvgIpc) is 2.92. The molecule has 0 aliphatic carbocycles. The van der Waals surface area contributed by atoms with Crippen molar-refractivity contribution < 1.29 is 9.18 Å². The van der Waals surface area contributed by atoms with Crippen LogP contribution in [0.5, 0.6) is 0 Å². The highest BCUT2D eigenvalue weighted by molar-refractivity contribution is 5.99. The summed E-state index contributed by atoms with van der Waals surface area (Å²) in [4.78, 5) is 12.6. The van der Waals surface area contributed by atoms with Gasteiger partial charge in [0.15, 0.2) is 5.78 Å². The zero-order valence-electron chi connectivity index (χ0n) is 14.4. The van der Waals surface area contributed by atoms with E-state index in [-0.39, 0.29) is 18.1 Å². The second kappa shape index (κ2) is 7.45. The number of ketones is 1. The first kappa shape index (κ1) is 17.1. The Bertz CT molecular complexity index is 867. The van der Waals surface area contributed by atoms with Gasteiger partial charge in [0.05, 0.1) is 6.54 Å². The molecule has 1 heterocycles. The van der Waals surface area contributed by atoms with Crippen LogP contribution in [-0.4, -0.2) is 16.9 Å². The first-order chi connectivity index (χ1) is 12.1. The summed E-state index contributed by atoms with van der Waals surface area (Å²) in [6.07, 6.45) is 0. The molecule has 1 N–H and O–H groups in total. The number of halogens is 1. The number of Topliss-reactive ketones (excluding diaryl/α,β-unsaturated/α-hetero) is 1. The molecule has 0 unspecified atom stereocenters. The van der Waals surface area contributed by atoms with E-state index >= 15 is 0 Å². The fourth-order valence-corrected chi connectivity index (χ4v) is 3.04. The van der Waals surface area contributed by atoms with Crippen LogP contribution in [-0.2, 0) is 6.54 Å². The van der Waals surface area contributed by atoms with E-state index in [0.717, 1.165) is 28.2 Å². The van der Waals surface area contributed by atoms with Crippen molar-refractivity contribution in [1.82, 2.24) is 9.88 Å². The molecule has 0 spiro atoms. The number of aryl methyl sites for hydroxylation is 1. The summed E-state index contributed by atoms with van der Waals surface area (Å²) in [6.45, 7) is 4.75. The van der Waals surface area contributed by atoms with Crippen LogP contribution >= 0.6 is 0 Å². The maximum atomic E-state index is 12.9. The lowest BCUT2D eigenvalue weighted by Gasteiger charge is -2.10. The molecular formula is C21H21FN2O. The lowest BCUT2D eigenvalue weighted by molar-refractivity contribution is 0.0990. The third kappa shape index (κ3) is 3.86. The Balaban J connectivity index is 1.69. The molecule has 128 valence electrons. The van der Waals surface area contributed by atoms with Gasteiger partial charge in [-0.05, 0) is 49.7 Å². The SMILES string of the molecule is Cc1cc(C(=O)CNCc2ccc(F)cc2)c(C)n1-c1ccccc1. The summed E-state index contributed by atoms with van der Waals surface area (Å²) in [5.41, 5.74) is 4.70. The third-order valence-corrected chi connectivity index (χ3v) is 4.27. The van der Waals surface area contributed by atoms with Crippen LogP contribution in [0.15, 0.2) is 60.7 Å². The van der Waals surface area contributed by atoms with Crippen LogP contribution in [0, 0.1) is 19.7 Å². The molecule has 0 amide bonds. The molecule has 3 rings (SSSR count). The summed E-state index contributed by atoms with van der Waals surface area (Å²) >= 11 is 0. The van der Waals surface area contributed by atoms with Crippen molar-refractivity contribution in [2.75, 3.05) is 6.54 Å². The van der Waals surface area contributed by atoms with E-state index in [2.05, 4.69) is 9.88 Å². The van der Waals surface area contributed by atoms with Crippen LogP contribution in [0.1, 0.15) is 27.3 Å². The number of nitrogens with one attached hydrogen (secondary N) is 1.